The van der Waals surface area contributed by atoms with Crippen molar-refractivity contribution in [2.24, 2.45) is 0 Å². The van der Waals surface area contributed by atoms with Crippen LogP contribution in [0.25, 0.3) is 6.08 Å². The highest BCUT2D eigenvalue weighted by Gasteiger charge is 1.95. The second kappa shape index (κ2) is 3.81. The quantitative estimate of drug-likeness (QED) is 0.638. The zero-order chi connectivity index (χ0) is 8.10. The summed E-state index contributed by atoms with van der Waals surface area (Å²) in [6.45, 7) is 6.30. The molecule has 0 aromatic heterocycles. The van der Waals surface area contributed by atoms with Crippen LogP contribution in [-0.2, 0) is 0 Å². The minimum Gasteiger partial charge on any atom is -0.493 e. The Kier molecular flexibility index (Phi) is 2.73. The smallest absolute Gasteiger partial charge is 0.127 e. The van der Waals surface area contributed by atoms with E-state index in [1.165, 1.54) is 0 Å². The van der Waals surface area contributed by atoms with Crippen molar-refractivity contribution in [2.45, 2.75) is 6.92 Å². The first-order chi connectivity index (χ1) is 5.38. The van der Waals surface area contributed by atoms with Gasteiger partial charge in [0.05, 0.1) is 6.61 Å². The summed E-state index contributed by atoms with van der Waals surface area (Å²) in [4.78, 5) is 0. The Morgan fingerprint density at radius 2 is 2.55 bits per heavy atom. The first-order valence-electron chi connectivity index (χ1n) is 3.64. The van der Waals surface area contributed by atoms with Gasteiger partial charge >= 0.3 is 0 Å². The molecule has 0 aliphatic rings. The van der Waals surface area contributed by atoms with Crippen LogP contribution in [0.2, 0.25) is 0 Å². The lowest BCUT2D eigenvalue weighted by molar-refractivity contribution is 0.339. The summed E-state index contributed by atoms with van der Waals surface area (Å²) in [5, 5.41) is 0. The van der Waals surface area contributed by atoms with Crippen molar-refractivity contribution < 1.29 is 4.74 Å². The van der Waals surface area contributed by atoms with Crippen molar-refractivity contribution in [1.29, 1.82) is 0 Å². The average molecular weight is 147 g/mol. The van der Waals surface area contributed by atoms with Crippen molar-refractivity contribution in [2.75, 3.05) is 6.61 Å². The highest BCUT2D eigenvalue weighted by atomic mass is 16.5. The van der Waals surface area contributed by atoms with Gasteiger partial charge in [-0.3, -0.25) is 0 Å². The van der Waals surface area contributed by atoms with Crippen molar-refractivity contribution >= 4 is 6.08 Å². The topological polar surface area (TPSA) is 9.23 Å². The highest BCUT2D eigenvalue weighted by molar-refractivity contribution is 5.54. The summed E-state index contributed by atoms with van der Waals surface area (Å²) in [7, 11) is 0. The van der Waals surface area contributed by atoms with Crippen LogP contribution in [0.15, 0.2) is 24.8 Å². The van der Waals surface area contributed by atoms with Gasteiger partial charge in [-0.2, -0.15) is 0 Å². The van der Waals surface area contributed by atoms with Crippen molar-refractivity contribution in [1.82, 2.24) is 0 Å². The van der Waals surface area contributed by atoms with E-state index in [0.717, 1.165) is 11.3 Å². The van der Waals surface area contributed by atoms with E-state index >= 15 is 0 Å². The van der Waals surface area contributed by atoms with Crippen LogP contribution in [0.3, 0.4) is 0 Å². The summed E-state index contributed by atoms with van der Waals surface area (Å²) in [6, 6.07) is 8.69. The monoisotopic (exact) mass is 147 g/mol. The van der Waals surface area contributed by atoms with Gasteiger partial charge in [0.2, 0.25) is 0 Å². The molecule has 0 aliphatic heterocycles. The molecule has 0 saturated heterocycles. The lowest BCUT2D eigenvalue weighted by atomic mass is 10.2. The van der Waals surface area contributed by atoms with E-state index in [2.05, 4.69) is 12.6 Å². The number of benzene rings is 1. The third-order valence-corrected chi connectivity index (χ3v) is 1.35. The Bertz CT molecular complexity index is 240. The first-order valence-corrected chi connectivity index (χ1v) is 3.64. The molecule has 1 heteroatoms. The zero-order valence-electron chi connectivity index (χ0n) is 6.63. The SMILES string of the molecule is C=Cc1[c]cccc1OCC. The molecule has 1 aromatic rings. The lowest BCUT2D eigenvalue weighted by Gasteiger charge is -2.04. The molecule has 0 atom stereocenters. The zero-order valence-corrected chi connectivity index (χ0v) is 6.63. The van der Waals surface area contributed by atoms with Gasteiger partial charge in [-0.25, -0.2) is 0 Å². The number of hydrogen-bond acceptors (Lipinski definition) is 1. The second-order valence-electron chi connectivity index (χ2n) is 2.09. The molecule has 0 spiro atoms. The van der Waals surface area contributed by atoms with Crippen LogP contribution in [0.1, 0.15) is 12.5 Å². The second-order valence-corrected chi connectivity index (χ2v) is 2.09. The third kappa shape index (κ3) is 1.84. The van der Waals surface area contributed by atoms with Gasteiger partial charge < -0.3 is 4.74 Å². The fourth-order valence-corrected chi connectivity index (χ4v) is 0.875. The van der Waals surface area contributed by atoms with Crippen molar-refractivity contribution in [3.05, 3.63) is 36.4 Å². The predicted molar refractivity (Wildman–Crippen MR) is 46.5 cm³/mol. The van der Waals surface area contributed by atoms with Crippen molar-refractivity contribution in [3.8, 4) is 5.75 Å². The molecule has 0 saturated carbocycles. The third-order valence-electron chi connectivity index (χ3n) is 1.35. The van der Waals surface area contributed by atoms with Crippen molar-refractivity contribution in [3.63, 3.8) is 0 Å². The number of rotatable bonds is 3. The Labute approximate surface area is 67.3 Å². The van der Waals surface area contributed by atoms with E-state index in [1.807, 2.05) is 25.1 Å². The lowest BCUT2D eigenvalue weighted by Crippen LogP contribution is -1.92. The van der Waals surface area contributed by atoms with Crippen LogP contribution < -0.4 is 4.74 Å². The fraction of sp³-hybridized carbons (Fsp3) is 0.200. The van der Waals surface area contributed by atoms with E-state index in [9.17, 15) is 0 Å². The molecule has 0 unspecified atom stereocenters. The average Bonchev–Trinajstić information content (AvgIpc) is 2.06. The Morgan fingerprint density at radius 3 is 3.18 bits per heavy atom. The summed E-state index contributed by atoms with van der Waals surface area (Å²) in [5.74, 6) is 0.852. The molecule has 11 heavy (non-hydrogen) atoms. The molecule has 1 radical (unpaired) electrons. The van der Waals surface area contributed by atoms with Crippen LogP contribution in [0.5, 0.6) is 5.75 Å². The van der Waals surface area contributed by atoms with E-state index in [1.54, 1.807) is 6.08 Å². The van der Waals surface area contributed by atoms with Gasteiger partial charge in [0.1, 0.15) is 5.75 Å². The van der Waals surface area contributed by atoms with Gasteiger partial charge in [-0.1, -0.05) is 24.8 Å². The minimum absolute atomic E-state index is 0.679. The predicted octanol–water partition coefficient (Wildman–Crippen LogP) is 2.53. The Hall–Kier alpha value is -1.24. The molecule has 1 nitrogen and oxygen atoms in total. The highest BCUT2D eigenvalue weighted by Crippen LogP contribution is 2.17. The molecule has 0 N–H and O–H groups in total. The maximum absolute atomic E-state index is 5.33. The first kappa shape index (κ1) is 7.86. The normalized spacial score (nSPS) is 9.18. The Balaban J connectivity index is 2.92. The van der Waals surface area contributed by atoms with Crippen LogP contribution in [0.4, 0.5) is 0 Å². The van der Waals surface area contributed by atoms with E-state index in [4.69, 9.17) is 4.74 Å². The molecule has 1 rings (SSSR count). The molecule has 57 valence electrons. The van der Waals surface area contributed by atoms with E-state index < -0.39 is 0 Å². The maximum atomic E-state index is 5.33. The summed E-state index contributed by atoms with van der Waals surface area (Å²) < 4.78 is 5.33. The number of ether oxygens (including phenoxy) is 1. The van der Waals surface area contributed by atoms with E-state index in [-0.39, 0.29) is 0 Å². The molecular weight excluding hydrogens is 136 g/mol. The molecule has 0 fully saturated rings. The molecule has 0 bridgehead atoms. The van der Waals surface area contributed by atoms with Gasteiger partial charge in [-0.15, -0.1) is 0 Å². The molecular formula is C10H11O. The molecule has 0 amide bonds. The van der Waals surface area contributed by atoms with Crippen LogP contribution in [-0.4, -0.2) is 6.61 Å². The van der Waals surface area contributed by atoms with Gasteiger partial charge in [0.15, 0.2) is 0 Å². The van der Waals surface area contributed by atoms with Gasteiger partial charge in [0.25, 0.3) is 0 Å². The standard InChI is InChI=1S/C10H11O/c1-3-9-7-5-6-8-10(9)11-4-2/h3,5-6,8H,1,4H2,2H3. The van der Waals surface area contributed by atoms with Gasteiger partial charge in [0, 0.05) is 5.56 Å². The molecule has 0 heterocycles. The minimum atomic E-state index is 0.679. The fourth-order valence-electron chi connectivity index (χ4n) is 0.875. The maximum Gasteiger partial charge on any atom is 0.127 e. The summed E-state index contributed by atoms with van der Waals surface area (Å²) in [6.07, 6.45) is 1.74. The number of hydrogen-bond donors (Lipinski definition) is 0. The molecule has 1 aromatic carbocycles. The molecule has 0 aliphatic carbocycles. The summed E-state index contributed by atoms with van der Waals surface area (Å²) >= 11 is 0. The largest absolute Gasteiger partial charge is 0.493 e. The van der Waals surface area contributed by atoms with Crippen LogP contribution in [0, 0.1) is 6.07 Å². The Morgan fingerprint density at radius 1 is 1.73 bits per heavy atom. The summed E-state index contributed by atoms with van der Waals surface area (Å²) in [5.41, 5.74) is 0.925. The van der Waals surface area contributed by atoms with Gasteiger partial charge in [-0.05, 0) is 19.1 Å². The van der Waals surface area contributed by atoms with Crippen LogP contribution >= 0.6 is 0 Å². The van der Waals surface area contributed by atoms with E-state index in [0.29, 0.717) is 6.61 Å².